The van der Waals surface area contributed by atoms with E-state index in [9.17, 15) is 4.39 Å². The zero-order valence-electron chi connectivity index (χ0n) is 12.3. The van der Waals surface area contributed by atoms with Crippen molar-refractivity contribution in [2.45, 2.75) is 25.4 Å². The van der Waals surface area contributed by atoms with Gasteiger partial charge < -0.3 is 5.32 Å². The summed E-state index contributed by atoms with van der Waals surface area (Å²) in [6, 6.07) is 7.02. The van der Waals surface area contributed by atoms with E-state index in [0.717, 1.165) is 31.7 Å². The zero-order valence-corrected chi connectivity index (χ0v) is 12.3. The van der Waals surface area contributed by atoms with E-state index in [1.54, 1.807) is 12.1 Å². The van der Waals surface area contributed by atoms with Crippen LogP contribution in [-0.4, -0.2) is 33.8 Å². The summed E-state index contributed by atoms with van der Waals surface area (Å²) < 4.78 is 14.8. The van der Waals surface area contributed by atoms with Crippen LogP contribution in [0.1, 0.15) is 18.4 Å². The SMILES string of the molecule is Cn1cc(CN2CCC[C@H](Nc3ccc(F)cc3)C2)cn1. The summed E-state index contributed by atoms with van der Waals surface area (Å²) in [6.07, 6.45) is 6.33. The molecule has 1 saturated heterocycles. The van der Waals surface area contributed by atoms with Gasteiger partial charge in [-0.15, -0.1) is 0 Å². The van der Waals surface area contributed by atoms with Gasteiger partial charge in [-0.2, -0.15) is 5.10 Å². The molecular formula is C16H21FN4. The second-order valence-corrected chi connectivity index (χ2v) is 5.75. The molecule has 0 bridgehead atoms. The lowest BCUT2D eigenvalue weighted by atomic mass is 10.0. The number of halogens is 1. The van der Waals surface area contributed by atoms with Crippen LogP contribution in [0.4, 0.5) is 10.1 Å². The molecule has 1 fully saturated rings. The molecule has 0 spiro atoms. The molecule has 1 aromatic carbocycles. The predicted molar refractivity (Wildman–Crippen MR) is 81.5 cm³/mol. The van der Waals surface area contributed by atoms with Gasteiger partial charge in [0.15, 0.2) is 0 Å². The minimum absolute atomic E-state index is 0.192. The second-order valence-electron chi connectivity index (χ2n) is 5.75. The first-order valence-electron chi connectivity index (χ1n) is 7.41. The summed E-state index contributed by atoms with van der Waals surface area (Å²) in [7, 11) is 1.94. The van der Waals surface area contributed by atoms with E-state index in [4.69, 9.17) is 0 Å². The number of anilines is 1. The summed E-state index contributed by atoms with van der Waals surface area (Å²) in [6.45, 7) is 3.07. The van der Waals surface area contributed by atoms with Crippen LogP contribution >= 0.6 is 0 Å². The van der Waals surface area contributed by atoms with Crippen LogP contribution in [0.5, 0.6) is 0 Å². The molecule has 21 heavy (non-hydrogen) atoms. The van der Waals surface area contributed by atoms with Crippen molar-refractivity contribution in [1.82, 2.24) is 14.7 Å². The van der Waals surface area contributed by atoms with Gasteiger partial charge in [-0.25, -0.2) is 4.39 Å². The minimum Gasteiger partial charge on any atom is -0.381 e. The molecule has 1 aliphatic heterocycles. The Labute approximate surface area is 124 Å². The molecule has 2 heterocycles. The Hall–Kier alpha value is -1.88. The van der Waals surface area contributed by atoms with Crippen molar-refractivity contribution in [2.24, 2.45) is 7.05 Å². The third kappa shape index (κ3) is 3.82. The lowest BCUT2D eigenvalue weighted by Gasteiger charge is -2.33. The topological polar surface area (TPSA) is 33.1 Å². The Morgan fingerprint density at radius 2 is 2.14 bits per heavy atom. The highest BCUT2D eigenvalue weighted by Crippen LogP contribution is 2.18. The van der Waals surface area contributed by atoms with Crippen LogP contribution in [0.25, 0.3) is 0 Å². The quantitative estimate of drug-likeness (QED) is 0.939. The summed E-state index contributed by atoms with van der Waals surface area (Å²) in [4.78, 5) is 2.45. The Kier molecular flexibility index (Phi) is 4.20. The molecule has 3 rings (SSSR count). The maximum Gasteiger partial charge on any atom is 0.123 e. The Bertz CT molecular complexity index is 578. The predicted octanol–water partition coefficient (Wildman–Crippen LogP) is 2.64. The monoisotopic (exact) mass is 288 g/mol. The van der Waals surface area contributed by atoms with E-state index in [-0.39, 0.29) is 5.82 Å². The van der Waals surface area contributed by atoms with Crippen LogP contribution in [-0.2, 0) is 13.6 Å². The fourth-order valence-electron chi connectivity index (χ4n) is 2.91. The molecule has 0 amide bonds. The zero-order chi connectivity index (χ0) is 14.7. The normalized spacial score (nSPS) is 19.6. The van der Waals surface area contributed by atoms with Gasteiger partial charge in [-0.1, -0.05) is 0 Å². The molecule has 5 heteroatoms. The van der Waals surface area contributed by atoms with Crippen molar-refractivity contribution in [1.29, 1.82) is 0 Å². The smallest absolute Gasteiger partial charge is 0.123 e. The number of nitrogens with one attached hydrogen (secondary N) is 1. The van der Waals surface area contributed by atoms with Crippen LogP contribution < -0.4 is 5.32 Å². The number of rotatable bonds is 4. The molecule has 1 aliphatic rings. The van der Waals surface area contributed by atoms with Crippen molar-refractivity contribution in [3.8, 4) is 0 Å². The molecular weight excluding hydrogens is 267 g/mol. The number of nitrogens with zero attached hydrogens (tertiary/aromatic N) is 3. The number of piperidine rings is 1. The fraction of sp³-hybridized carbons (Fsp3) is 0.438. The van der Waals surface area contributed by atoms with Crippen LogP contribution in [0.2, 0.25) is 0 Å². The van der Waals surface area contributed by atoms with Gasteiger partial charge in [0.25, 0.3) is 0 Å². The van der Waals surface area contributed by atoms with E-state index >= 15 is 0 Å². The van der Waals surface area contributed by atoms with Crippen molar-refractivity contribution in [3.63, 3.8) is 0 Å². The van der Waals surface area contributed by atoms with Crippen molar-refractivity contribution < 1.29 is 4.39 Å². The molecule has 2 aromatic rings. The Morgan fingerprint density at radius 3 is 2.86 bits per heavy atom. The highest BCUT2D eigenvalue weighted by Gasteiger charge is 2.20. The Morgan fingerprint density at radius 1 is 1.33 bits per heavy atom. The van der Waals surface area contributed by atoms with Gasteiger partial charge in [0.2, 0.25) is 0 Å². The summed E-state index contributed by atoms with van der Waals surface area (Å²) in [5.41, 5.74) is 2.24. The molecule has 1 aromatic heterocycles. The first-order chi connectivity index (χ1) is 10.2. The van der Waals surface area contributed by atoms with Gasteiger partial charge >= 0.3 is 0 Å². The highest BCUT2D eigenvalue weighted by atomic mass is 19.1. The third-order valence-electron chi connectivity index (χ3n) is 3.89. The lowest BCUT2D eigenvalue weighted by molar-refractivity contribution is 0.208. The maximum absolute atomic E-state index is 12.9. The number of likely N-dealkylation sites (tertiary alicyclic amines) is 1. The number of aromatic nitrogens is 2. The maximum atomic E-state index is 12.9. The average Bonchev–Trinajstić information content (AvgIpc) is 2.87. The van der Waals surface area contributed by atoms with Crippen LogP contribution in [0.15, 0.2) is 36.7 Å². The fourth-order valence-corrected chi connectivity index (χ4v) is 2.91. The van der Waals surface area contributed by atoms with E-state index in [2.05, 4.69) is 21.5 Å². The number of hydrogen-bond donors (Lipinski definition) is 1. The Balaban J connectivity index is 1.56. The number of hydrogen-bond acceptors (Lipinski definition) is 3. The van der Waals surface area contributed by atoms with Gasteiger partial charge in [0, 0.05) is 43.6 Å². The molecule has 1 N–H and O–H groups in total. The number of benzene rings is 1. The third-order valence-corrected chi connectivity index (χ3v) is 3.89. The molecule has 1 atom stereocenters. The minimum atomic E-state index is -0.192. The molecule has 4 nitrogen and oxygen atoms in total. The molecule has 0 saturated carbocycles. The standard InChI is InChI=1S/C16H21FN4/c1-20-10-13(9-18-20)11-21-8-2-3-16(12-21)19-15-6-4-14(17)5-7-15/h4-7,9-10,16,19H,2-3,8,11-12H2,1H3/t16-/m0/s1. The van der Waals surface area contributed by atoms with Gasteiger partial charge in [-0.3, -0.25) is 9.58 Å². The molecule has 0 unspecified atom stereocenters. The van der Waals surface area contributed by atoms with E-state index in [0.29, 0.717) is 6.04 Å². The second kappa shape index (κ2) is 6.26. The average molecular weight is 288 g/mol. The first kappa shape index (κ1) is 14.1. The molecule has 112 valence electrons. The summed E-state index contributed by atoms with van der Waals surface area (Å²) >= 11 is 0. The van der Waals surface area contributed by atoms with E-state index in [1.807, 2.05) is 17.9 Å². The van der Waals surface area contributed by atoms with Crippen molar-refractivity contribution in [2.75, 3.05) is 18.4 Å². The van der Waals surface area contributed by atoms with Gasteiger partial charge in [0.05, 0.1) is 6.20 Å². The van der Waals surface area contributed by atoms with Gasteiger partial charge in [-0.05, 0) is 43.7 Å². The summed E-state index contributed by atoms with van der Waals surface area (Å²) in [5.74, 6) is -0.192. The van der Waals surface area contributed by atoms with Gasteiger partial charge in [0.1, 0.15) is 5.82 Å². The largest absolute Gasteiger partial charge is 0.381 e. The van der Waals surface area contributed by atoms with Crippen molar-refractivity contribution in [3.05, 3.63) is 48.0 Å². The molecule has 0 radical (unpaired) electrons. The lowest BCUT2D eigenvalue weighted by Crippen LogP contribution is -2.41. The van der Waals surface area contributed by atoms with Crippen LogP contribution in [0, 0.1) is 5.82 Å². The molecule has 0 aliphatic carbocycles. The van der Waals surface area contributed by atoms with E-state index < -0.39 is 0 Å². The highest BCUT2D eigenvalue weighted by molar-refractivity contribution is 5.43. The van der Waals surface area contributed by atoms with Crippen molar-refractivity contribution >= 4 is 5.69 Å². The number of aryl methyl sites for hydroxylation is 1. The first-order valence-corrected chi connectivity index (χ1v) is 7.41. The van der Waals surface area contributed by atoms with E-state index in [1.165, 1.54) is 24.1 Å². The van der Waals surface area contributed by atoms with Crippen LogP contribution in [0.3, 0.4) is 0 Å². The summed E-state index contributed by atoms with van der Waals surface area (Å²) in [5, 5.41) is 7.72.